The van der Waals surface area contributed by atoms with E-state index in [0.29, 0.717) is 5.41 Å². The van der Waals surface area contributed by atoms with Gasteiger partial charge in [-0.25, -0.2) is 4.31 Å². The van der Waals surface area contributed by atoms with Crippen LogP contribution in [0.25, 0.3) is 0 Å². The molecule has 0 aliphatic carbocycles. The second kappa shape index (κ2) is 4.30. The van der Waals surface area contributed by atoms with Crippen LogP contribution in [0.5, 0.6) is 0 Å². The second-order valence-corrected chi connectivity index (χ2v) is 5.59. The second-order valence-electron chi connectivity index (χ2n) is 2.63. The maximum atomic E-state index is 3.53. The third kappa shape index (κ3) is 2.02. The van der Waals surface area contributed by atoms with Crippen molar-refractivity contribution in [2.45, 2.75) is 0 Å². The smallest absolute Gasteiger partial charge is 0.0182 e. The molecule has 0 saturated carbocycles. The SMILES string of the molecule is BrCC1(CBr)CN(SI)C1. The molecule has 0 N–H and O–H groups in total. The van der Waals surface area contributed by atoms with Gasteiger partial charge in [-0.15, -0.1) is 0 Å². The lowest BCUT2D eigenvalue weighted by atomic mass is 9.87. The first-order chi connectivity index (χ1) is 4.76. The predicted molar refractivity (Wildman–Crippen MR) is 63.2 cm³/mol. The van der Waals surface area contributed by atoms with Crippen LogP contribution in [-0.4, -0.2) is 28.1 Å². The van der Waals surface area contributed by atoms with E-state index in [1.807, 2.05) is 0 Å². The van der Waals surface area contributed by atoms with Crippen molar-refractivity contribution in [3.8, 4) is 0 Å². The summed E-state index contributed by atoms with van der Waals surface area (Å²) in [4.78, 5) is 0. The summed E-state index contributed by atoms with van der Waals surface area (Å²) in [6, 6.07) is 0. The molecule has 0 spiro atoms. The average molecular weight is 401 g/mol. The minimum Gasteiger partial charge on any atom is -0.240 e. The van der Waals surface area contributed by atoms with Gasteiger partial charge < -0.3 is 0 Å². The highest BCUT2D eigenvalue weighted by Crippen LogP contribution is 2.40. The Balaban J connectivity index is 2.31. The zero-order valence-corrected chi connectivity index (χ0v) is 11.5. The van der Waals surface area contributed by atoms with Gasteiger partial charge >= 0.3 is 0 Å². The maximum Gasteiger partial charge on any atom is 0.0182 e. The lowest BCUT2D eigenvalue weighted by Crippen LogP contribution is -2.54. The standard InChI is InChI=1S/C5H8Br2INS/c6-1-5(2-7)3-9(4-5)10-8/h1-4H2. The molecule has 0 unspecified atom stereocenters. The van der Waals surface area contributed by atoms with Crippen LogP contribution in [0.3, 0.4) is 0 Å². The van der Waals surface area contributed by atoms with E-state index < -0.39 is 0 Å². The molecule has 0 bridgehead atoms. The predicted octanol–water partition coefficient (Wildman–Crippen LogP) is 3.08. The fourth-order valence-electron chi connectivity index (χ4n) is 0.955. The highest BCUT2D eigenvalue weighted by atomic mass is 127. The van der Waals surface area contributed by atoms with Gasteiger partial charge in [0.05, 0.1) is 0 Å². The summed E-state index contributed by atoms with van der Waals surface area (Å²) in [6.45, 7) is 2.41. The molecule has 1 nitrogen and oxygen atoms in total. The quantitative estimate of drug-likeness (QED) is 0.407. The number of nitrogens with zero attached hydrogens (tertiary/aromatic N) is 1. The zero-order valence-electron chi connectivity index (χ0n) is 5.32. The minimum absolute atomic E-state index is 0.512. The Hall–Kier alpha value is 2.00. The Morgan fingerprint density at radius 2 is 1.90 bits per heavy atom. The monoisotopic (exact) mass is 399 g/mol. The largest absolute Gasteiger partial charge is 0.240 e. The molecule has 5 heteroatoms. The van der Waals surface area contributed by atoms with E-state index in [0.717, 1.165) is 10.7 Å². The summed E-state index contributed by atoms with van der Waals surface area (Å²) >= 11 is 9.39. The van der Waals surface area contributed by atoms with Gasteiger partial charge in [-0.3, -0.25) is 0 Å². The fraction of sp³-hybridized carbons (Fsp3) is 1.00. The Morgan fingerprint density at radius 1 is 1.40 bits per heavy atom. The summed E-state index contributed by atoms with van der Waals surface area (Å²) in [5.41, 5.74) is 0.512. The molecular formula is C5H8Br2INS. The van der Waals surface area contributed by atoms with Crippen molar-refractivity contribution in [2.24, 2.45) is 5.41 Å². The molecule has 0 radical (unpaired) electrons. The van der Waals surface area contributed by atoms with Gasteiger partial charge in [-0.2, -0.15) is 0 Å². The number of alkyl halides is 2. The first-order valence-electron chi connectivity index (χ1n) is 2.92. The van der Waals surface area contributed by atoms with Crippen molar-refractivity contribution in [2.75, 3.05) is 23.7 Å². The van der Waals surface area contributed by atoms with Crippen LogP contribution in [0.4, 0.5) is 0 Å². The van der Waals surface area contributed by atoms with Gasteiger partial charge in [0.2, 0.25) is 0 Å². The highest BCUT2D eigenvalue weighted by molar-refractivity contribution is 14.2. The molecule has 1 aliphatic rings. The van der Waals surface area contributed by atoms with Crippen molar-refractivity contribution in [1.82, 2.24) is 4.31 Å². The van der Waals surface area contributed by atoms with Crippen molar-refractivity contribution in [3.05, 3.63) is 0 Å². The highest BCUT2D eigenvalue weighted by Gasteiger charge is 2.41. The molecule has 1 aliphatic heterocycles. The van der Waals surface area contributed by atoms with Crippen molar-refractivity contribution >= 4 is 62.2 Å². The van der Waals surface area contributed by atoms with Crippen molar-refractivity contribution in [1.29, 1.82) is 0 Å². The number of rotatable bonds is 3. The van der Waals surface area contributed by atoms with Crippen molar-refractivity contribution in [3.63, 3.8) is 0 Å². The van der Waals surface area contributed by atoms with Gasteiger partial charge in [0.25, 0.3) is 0 Å². The van der Waals surface area contributed by atoms with E-state index in [1.165, 1.54) is 13.1 Å². The third-order valence-corrected chi connectivity index (χ3v) is 6.19. The van der Waals surface area contributed by atoms with E-state index in [1.54, 1.807) is 9.12 Å². The molecule has 1 saturated heterocycles. The average Bonchev–Trinajstić information content (AvgIpc) is 1.89. The number of hydrogen-bond acceptors (Lipinski definition) is 2. The van der Waals surface area contributed by atoms with E-state index >= 15 is 0 Å². The van der Waals surface area contributed by atoms with Gasteiger partial charge in [-0.1, -0.05) is 31.9 Å². The molecule has 60 valence electrons. The molecule has 0 amide bonds. The van der Waals surface area contributed by atoms with Gasteiger partial charge in [-0.05, 0) is 9.12 Å². The van der Waals surface area contributed by atoms with Crippen LogP contribution in [0.15, 0.2) is 0 Å². The molecule has 10 heavy (non-hydrogen) atoms. The Kier molecular flexibility index (Phi) is 4.33. The summed E-state index contributed by atoms with van der Waals surface area (Å²) in [5, 5.41) is 2.22. The van der Waals surface area contributed by atoms with Crippen LogP contribution >= 0.6 is 62.2 Å². The molecule has 1 rings (SSSR count). The molecule has 0 aromatic rings. The van der Waals surface area contributed by atoms with Crippen LogP contribution in [0, 0.1) is 5.41 Å². The van der Waals surface area contributed by atoms with Crippen LogP contribution in [0.1, 0.15) is 0 Å². The van der Waals surface area contributed by atoms with Crippen LogP contribution in [0.2, 0.25) is 0 Å². The van der Waals surface area contributed by atoms with Crippen LogP contribution < -0.4 is 0 Å². The molecule has 0 aromatic heterocycles. The van der Waals surface area contributed by atoms with E-state index in [2.05, 4.69) is 57.4 Å². The van der Waals surface area contributed by atoms with Gasteiger partial charge in [0, 0.05) is 50.4 Å². The maximum absolute atomic E-state index is 3.53. The third-order valence-electron chi connectivity index (χ3n) is 1.69. The lowest BCUT2D eigenvalue weighted by molar-refractivity contribution is 0.139. The van der Waals surface area contributed by atoms with E-state index in [-0.39, 0.29) is 0 Å². The molecule has 1 heterocycles. The Bertz CT molecular complexity index is 112. The van der Waals surface area contributed by atoms with Gasteiger partial charge in [0.15, 0.2) is 0 Å². The molecule has 1 fully saturated rings. The molecule has 0 atom stereocenters. The molecular weight excluding hydrogens is 393 g/mol. The molecule has 0 aromatic carbocycles. The number of halogens is 3. The van der Waals surface area contributed by atoms with Crippen molar-refractivity contribution < 1.29 is 0 Å². The van der Waals surface area contributed by atoms with Gasteiger partial charge in [0.1, 0.15) is 0 Å². The summed E-state index contributed by atoms with van der Waals surface area (Å²) in [7, 11) is 1.81. The number of hydrogen-bond donors (Lipinski definition) is 0. The first-order valence-corrected chi connectivity index (χ1v) is 8.48. The Labute approximate surface area is 94.7 Å². The summed E-state index contributed by atoms with van der Waals surface area (Å²) < 4.78 is 2.36. The van der Waals surface area contributed by atoms with E-state index in [9.17, 15) is 0 Å². The normalized spacial score (nSPS) is 24.3. The minimum atomic E-state index is 0.512. The summed E-state index contributed by atoms with van der Waals surface area (Å²) in [5.74, 6) is 0. The fourth-order valence-corrected chi connectivity index (χ4v) is 4.07. The first kappa shape index (κ1) is 10.1. The summed E-state index contributed by atoms with van der Waals surface area (Å²) in [6.07, 6.45) is 0. The Morgan fingerprint density at radius 3 is 2.20 bits per heavy atom. The van der Waals surface area contributed by atoms with Crippen LogP contribution in [-0.2, 0) is 0 Å². The zero-order chi connectivity index (χ0) is 7.61. The lowest BCUT2D eigenvalue weighted by Gasteiger charge is -2.46. The van der Waals surface area contributed by atoms with E-state index in [4.69, 9.17) is 0 Å². The topological polar surface area (TPSA) is 3.24 Å².